The number of carbonyl (C=O) groups is 1. The number of ether oxygens (including phenoxy) is 1. The highest BCUT2D eigenvalue weighted by Crippen LogP contribution is 2.29. The molecule has 0 bridgehead atoms. The Bertz CT molecular complexity index is 647. The lowest BCUT2D eigenvalue weighted by atomic mass is 10.1. The number of hydrogen-bond acceptors (Lipinski definition) is 4. The van der Waals surface area contributed by atoms with E-state index in [1.165, 1.54) is 16.9 Å². The average Bonchev–Trinajstić information content (AvgIpc) is 2.82. The largest absolute Gasteiger partial charge is 0.443 e. The van der Waals surface area contributed by atoms with Crippen molar-refractivity contribution in [1.82, 2.24) is 4.98 Å². The van der Waals surface area contributed by atoms with Gasteiger partial charge in [0.15, 0.2) is 5.13 Å². The molecule has 0 saturated heterocycles. The van der Waals surface area contributed by atoms with Gasteiger partial charge >= 0.3 is 6.09 Å². The summed E-state index contributed by atoms with van der Waals surface area (Å²) in [5.41, 5.74) is 1.67. The molecular formula is C16H19BrN2O2S. The van der Waals surface area contributed by atoms with Gasteiger partial charge in [-0.15, -0.1) is 0 Å². The van der Waals surface area contributed by atoms with Gasteiger partial charge in [0, 0.05) is 0 Å². The highest BCUT2D eigenvalue weighted by Gasteiger charge is 2.25. The Morgan fingerprint density at radius 2 is 1.95 bits per heavy atom. The molecule has 1 amide bonds. The summed E-state index contributed by atoms with van der Waals surface area (Å²) in [5, 5.41) is 0.613. The summed E-state index contributed by atoms with van der Waals surface area (Å²) in [6.45, 7) is 8.02. The summed E-state index contributed by atoms with van der Waals surface area (Å²) in [6.07, 6.45) is 1.29. The first-order valence-electron chi connectivity index (χ1n) is 6.92. The van der Waals surface area contributed by atoms with E-state index in [2.05, 4.69) is 20.9 Å². The van der Waals surface area contributed by atoms with Crippen molar-refractivity contribution in [3.8, 4) is 0 Å². The molecule has 0 aliphatic heterocycles. The predicted octanol–water partition coefficient (Wildman–Crippen LogP) is 5.16. The molecule has 0 aliphatic carbocycles. The lowest BCUT2D eigenvalue weighted by Crippen LogP contribution is -2.36. The third kappa shape index (κ3) is 4.81. The number of nitrogens with zero attached hydrogens (tertiary/aromatic N) is 2. The number of thiazole rings is 1. The molecule has 0 unspecified atom stereocenters. The highest BCUT2D eigenvalue weighted by molar-refractivity contribution is 9.11. The van der Waals surface area contributed by atoms with Crippen LogP contribution in [0, 0.1) is 6.92 Å². The summed E-state index contributed by atoms with van der Waals surface area (Å²) in [6, 6.07) is 8.07. The van der Waals surface area contributed by atoms with Gasteiger partial charge in [0.1, 0.15) is 5.60 Å². The van der Waals surface area contributed by atoms with Gasteiger partial charge in [-0.05, 0) is 49.2 Å². The summed E-state index contributed by atoms with van der Waals surface area (Å²) >= 11 is 4.79. The fraction of sp³-hybridized carbons (Fsp3) is 0.375. The maximum Gasteiger partial charge on any atom is 0.416 e. The van der Waals surface area contributed by atoms with E-state index >= 15 is 0 Å². The van der Waals surface area contributed by atoms with E-state index in [1.54, 1.807) is 11.1 Å². The first-order valence-corrected chi connectivity index (χ1v) is 8.53. The van der Waals surface area contributed by atoms with Gasteiger partial charge in [-0.1, -0.05) is 41.2 Å². The number of amides is 1. The minimum atomic E-state index is -0.545. The van der Waals surface area contributed by atoms with Crippen LogP contribution in [-0.2, 0) is 11.3 Å². The van der Waals surface area contributed by atoms with Crippen LogP contribution in [0.4, 0.5) is 9.93 Å². The highest BCUT2D eigenvalue weighted by atomic mass is 79.9. The van der Waals surface area contributed by atoms with E-state index in [-0.39, 0.29) is 0 Å². The zero-order chi connectivity index (χ0) is 16.3. The smallest absolute Gasteiger partial charge is 0.416 e. The summed E-state index contributed by atoms with van der Waals surface area (Å²) in [7, 11) is 0. The lowest BCUT2D eigenvalue weighted by Gasteiger charge is -2.25. The van der Waals surface area contributed by atoms with Crippen molar-refractivity contribution in [2.24, 2.45) is 0 Å². The zero-order valence-electron chi connectivity index (χ0n) is 13.1. The van der Waals surface area contributed by atoms with Crippen LogP contribution >= 0.6 is 27.3 Å². The van der Waals surface area contributed by atoms with Crippen molar-refractivity contribution in [1.29, 1.82) is 0 Å². The molecule has 0 saturated carbocycles. The summed E-state index contributed by atoms with van der Waals surface area (Å²) < 4.78 is 6.37. The molecule has 6 heteroatoms. The van der Waals surface area contributed by atoms with Crippen molar-refractivity contribution in [2.75, 3.05) is 4.90 Å². The number of benzene rings is 1. The molecule has 118 valence electrons. The fourth-order valence-electron chi connectivity index (χ4n) is 1.77. The second-order valence-corrected chi connectivity index (χ2v) is 8.39. The van der Waals surface area contributed by atoms with Crippen molar-refractivity contribution in [3.05, 3.63) is 45.4 Å². The van der Waals surface area contributed by atoms with Crippen LogP contribution in [0.2, 0.25) is 0 Å². The molecule has 4 nitrogen and oxygen atoms in total. The van der Waals surface area contributed by atoms with E-state index in [9.17, 15) is 4.79 Å². The number of halogens is 1. The fourth-order valence-corrected chi connectivity index (χ4v) is 2.95. The van der Waals surface area contributed by atoms with Gasteiger partial charge < -0.3 is 4.74 Å². The Labute approximate surface area is 143 Å². The third-order valence-corrected chi connectivity index (χ3v) is 4.27. The molecule has 0 atom stereocenters. The molecule has 0 N–H and O–H groups in total. The minimum Gasteiger partial charge on any atom is -0.443 e. The van der Waals surface area contributed by atoms with Gasteiger partial charge in [0.05, 0.1) is 16.5 Å². The first-order chi connectivity index (χ1) is 10.2. The van der Waals surface area contributed by atoms with Gasteiger partial charge in [-0.2, -0.15) is 0 Å². The number of anilines is 1. The molecule has 2 rings (SSSR count). The van der Waals surface area contributed by atoms with E-state index in [0.717, 1.165) is 9.35 Å². The normalized spacial score (nSPS) is 11.3. The van der Waals surface area contributed by atoms with Gasteiger partial charge in [0.2, 0.25) is 0 Å². The summed E-state index contributed by atoms with van der Waals surface area (Å²) in [4.78, 5) is 18.3. The van der Waals surface area contributed by atoms with Crippen LogP contribution in [0.5, 0.6) is 0 Å². The zero-order valence-corrected chi connectivity index (χ0v) is 15.5. The molecule has 0 fully saturated rings. The van der Waals surface area contributed by atoms with E-state index in [0.29, 0.717) is 11.7 Å². The lowest BCUT2D eigenvalue weighted by molar-refractivity contribution is 0.0577. The van der Waals surface area contributed by atoms with Gasteiger partial charge in [-0.25, -0.2) is 14.7 Å². The molecule has 0 spiro atoms. The van der Waals surface area contributed by atoms with Crippen LogP contribution in [-0.4, -0.2) is 16.7 Å². The number of hydrogen-bond donors (Lipinski definition) is 0. The quantitative estimate of drug-likeness (QED) is 0.736. The molecule has 0 radical (unpaired) electrons. The Hall–Kier alpha value is -1.40. The second-order valence-electron chi connectivity index (χ2n) is 6.00. The molecule has 1 heterocycles. The van der Waals surface area contributed by atoms with E-state index in [4.69, 9.17) is 4.74 Å². The number of aryl methyl sites for hydroxylation is 1. The van der Waals surface area contributed by atoms with Crippen molar-refractivity contribution in [3.63, 3.8) is 0 Å². The van der Waals surface area contributed by atoms with Crippen LogP contribution in [0.1, 0.15) is 31.9 Å². The molecule has 2 aromatic rings. The van der Waals surface area contributed by atoms with Crippen LogP contribution in [0.25, 0.3) is 0 Å². The number of aromatic nitrogens is 1. The molecule has 22 heavy (non-hydrogen) atoms. The van der Waals surface area contributed by atoms with Crippen LogP contribution in [0.3, 0.4) is 0 Å². The molecule has 0 aliphatic rings. The monoisotopic (exact) mass is 382 g/mol. The summed E-state index contributed by atoms with van der Waals surface area (Å²) in [5.74, 6) is 0. The SMILES string of the molecule is Cc1ccc(CN(C(=O)OC(C)(C)C)c2ncc(Br)s2)cc1. The standard InChI is InChI=1S/C16H19BrN2O2S/c1-11-5-7-12(8-6-11)10-19(14-18-9-13(17)22-14)15(20)21-16(2,3)4/h5-9H,10H2,1-4H3. The number of carbonyl (C=O) groups excluding carboxylic acids is 1. The predicted molar refractivity (Wildman–Crippen MR) is 93.4 cm³/mol. The molecule has 1 aromatic carbocycles. The number of rotatable bonds is 3. The Balaban J connectivity index is 2.25. The Morgan fingerprint density at radius 3 is 2.45 bits per heavy atom. The molecule has 1 aromatic heterocycles. The third-order valence-electron chi connectivity index (χ3n) is 2.77. The van der Waals surface area contributed by atoms with Crippen LogP contribution in [0.15, 0.2) is 34.2 Å². The van der Waals surface area contributed by atoms with Crippen molar-refractivity contribution in [2.45, 2.75) is 39.8 Å². The topological polar surface area (TPSA) is 42.4 Å². The maximum atomic E-state index is 12.5. The Morgan fingerprint density at radius 1 is 1.32 bits per heavy atom. The second kappa shape index (κ2) is 6.79. The van der Waals surface area contributed by atoms with E-state index < -0.39 is 11.7 Å². The average molecular weight is 383 g/mol. The maximum absolute atomic E-state index is 12.5. The Kier molecular flexibility index (Phi) is 5.24. The van der Waals surface area contributed by atoms with Gasteiger partial charge in [-0.3, -0.25) is 0 Å². The van der Waals surface area contributed by atoms with E-state index in [1.807, 2.05) is 52.0 Å². The van der Waals surface area contributed by atoms with Gasteiger partial charge in [0.25, 0.3) is 0 Å². The minimum absolute atomic E-state index is 0.394. The van der Waals surface area contributed by atoms with Crippen molar-refractivity contribution < 1.29 is 9.53 Å². The van der Waals surface area contributed by atoms with Crippen molar-refractivity contribution >= 4 is 38.5 Å². The molecular weight excluding hydrogens is 364 g/mol. The first kappa shape index (κ1) is 17.0. The van der Waals surface area contributed by atoms with Crippen LogP contribution < -0.4 is 4.90 Å².